The molecule has 1 fully saturated rings. The van der Waals surface area contributed by atoms with E-state index in [0.29, 0.717) is 18.8 Å². The van der Waals surface area contributed by atoms with Gasteiger partial charge in [0, 0.05) is 31.9 Å². The van der Waals surface area contributed by atoms with Crippen LogP contribution in [-0.2, 0) is 6.42 Å². The Hall–Kier alpha value is -2.69. The van der Waals surface area contributed by atoms with Gasteiger partial charge in [0.2, 0.25) is 0 Å². The Kier molecular flexibility index (Phi) is 5.89. The van der Waals surface area contributed by atoms with Crippen LogP contribution in [0.3, 0.4) is 0 Å². The monoisotopic (exact) mass is 367 g/mol. The van der Waals surface area contributed by atoms with Crippen LogP contribution in [0.4, 0.5) is 16.2 Å². The quantitative estimate of drug-likeness (QED) is 0.880. The van der Waals surface area contributed by atoms with Crippen LogP contribution in [0.1, 0.15) is 23.6 Å². The highest BCUT2D eigenvalue weighted by Gasteiger charge is 2.24. The number of carbonyl (C=O) groups is 1. The van der Waals surface area contributed by atoms with Crippen molar-refractivity contribution in [2.24, 2.45) is 0 Å². The molecule has 1 heterocycles. The lowest BCUT2D eigenvalue weighted by Crippen LogP contribution is -2.50. The summed E-state index contributed by atoms with van der Waals surface area (Å²) in [5, 5.41) is 3.00. The Morgan fingerprint density at radius 3 is 2.52 bits per heavy atom. The number of nitrogens with zero attached hydrogens (tertiary/aromatic N) is 2. The molecule has 0 bridgehead atoms. The standard InChI is InChI=1S/C22H29N3O2/c1-5-18-8-6-7-17(3)21(18)24-11-13-25(14-12-24)22(26)23-19-15-16(2)9-10-20(19)27-4/h6-10,15H,5,11-14H2,1-4H3,(H,23,26). The molecule has 5 nitrogen and oxygen atoms in total. The molecule has 0 unspecified atom stereocenters. The predicted octanol–water partition coefficient (Wildman–Crippen LogP) is 4.23. The zero-order valence-corrected chi connectivity index (χ0v) is 16.7. The summed E-state index contributed by atoms with van der Waals surface area (Å²) in [5.74, 6) is 0.681. The number of anilines is 2. The molecular formula is C22H29N3O2. The van der Waals surface area contributed by atoms with E-state index in [2.05, 4.69) is 42.3 Å². The Bertz CT molecular complexity index is 811. The lowest BCUT2D eigenvalue weighted by atomic mass is 10.0. The zero-order chi connectivity index (χ0) is 19.4. The summed E-state index contributed by atoms with van der Waals surface area (Å²) < 4.78 is 5.36. The zero-order valence-electron chi connectivity index (χ0n) is 16.7. The van der Waals surface area contributed by atoms with E-state index < -0.39 is 0 Å². The number of benzene rings is 2. The van der Waals surface area contributed by atoms with Gasteiger partial charge in [0.15, 0.2) is 0 Å². The van der Waals surface area contributed by atoms with Crippen LogP contribution >= 0.6 is 0 Å². The smallest absolute Gasteiger partial charge is 0.322 e. The number of ether oxygens (including phenoxy) is 1. The Morgan fingerprint density at radius 2 is 1.85 bits per heavy atom. The van der Waals surface area contributed by atoms with Gasteiger partial charge in [-0.05, 0) is 49.1 Å². The molecule has 0 aliphatic carbocycles. The average molecular weight is 367 g/mol. The number of para-hydroxylation sites is 1. The molecule has 0 spiro atoms. The van der Waals surface area contributed by atoms with Gasteiger partial charge in [0.05, 0.1) is 12.8 Å². The van der Waals surface area contributed by atoms with Gasteiger partial charge in [-0.2, -0.15) is 0 Å². The highest BCUT2D eigenvalue weighted by atomic mass is 16.5. The number of piperazine rings is 1. The first-order valence-electron chi connectivity index (χ1n) is 9.57. The summed E-state index contributed by atoms with van der Waals surface area (Å²) in [4.78, 5) is 17.0. The summed E-state index contributed by atoms with van der Waals surface area (Å²) in [5.41, 5.74) is 5.81. The van der Waals surface area contributed by atoms with Crippen molar-refractivity contribution in [1.29, 1.82) is 0 Å². The maximum absolute atomic E-state index is 12.7. The maximum atomic E-state index is 12.7. The molecule has 5 heteroatoms. The highest BCUT2D eigenvalue weighted by Crippen LogP contribution is 2.28. The van der Waals surface area contributed by atoms with E-state index in [1.807, 2.05) is 30.0 Å². The van der Waals surface area contributed by atoms with Crippen molar-refractivity contribution < 1.29 is 9.53 Å². The SMILES string of the molecule is CCc1cccc(C)c1N1CCN(C(=O)Nc2cc(C)ccc2OC)CC1. The van der Waals surface area contributed by atoms with Crippen LogP contribution in [0.2, 0.25) is 0 Å². The number of methoxy groups -OCH3 is 1. The van der Waals surface area contributed by atoms with Crippen LogP contribution in [0.5, 0.6) is 5.75 Å². The maximum Gasteiger partial charge on any atom is 0.322 e. The third-order valence-electron chi connectivity index (χ3n) is 5.18. The molecule has 0 aromatic heterocycles. The summed E-state index contributed by atoms with van der Waals surface area (Å²) >= 11 is 0. The van der Waals surface area contributed by atoms with E-state index in [1.165, 1.54) is 16.8 Å². The molecule has 2 aromatic rings. The number of hydrogen-bond donors (Lipinski definition) is 1. The third kappa shape index (κ3) is 4.18. The van der Waals surface area contributed by atoms with Crippen molar-refractivity contribution in [1.82, 2.24) is 4.90 Å². The highest BCUT2D eigenvalue weighted by molar-refractivity contribution is 5.91. The summed E-state index contributed by atoms with van der Waals surface area (Å²) in [6, 6.07) is 12.2. The number of nitrogens with one attached hydrogen (secondary N) is 1. The van der Waals surface area contributed by atoms with E-state index in [-0.39, 0.29) is 6.03 Å². The van der Waals surface area contributed by atoms with Crippen LogP contribution in [0.15, 0.2) is 36.4 Å². The number of carbonyl (C=O) groups excluding carboxylic acids is 1. The number of amides is 2. The van der Waals surface area contributed by atoms with Crippen molar-refractivity contribution in [2.45, 2.75) is 27.2 Å². The van der Waals surface area contributed by atoms with Crippen LogP contribution in [0.25, 0.3) is 0 Å². The fourth-order valence-electron chi connectivity index (χ4n) is 3.70. The minimum atomic E-state index is -0.0703. The van der Waals surface area contributed by atoms with Gasteiger partial charge in [0.1, 0.15) is 5.75 Å². The fourth-order valence-corrected chi connectivity index (χ4v) is 3.70. The first kappa shape index (κ1) is 19.1. The van der Waals surface area contributed by atoms with Crippen LogP contribution in [0, 0.1) is 13.8 Å². The first-order valence-corrected chi connectivity index (χ1v) is 9.57. The van der Waals surface area contributed by atoms with Crippen molar-refractivity contribution in [3.05, 3.63) is 53.1 Å². The van der Waals surface area contributed by atoms with Crippen molar-refractivity contribution in [2.75, 3.05) is 43.5 Å². The second-order valence-electron chi connectivity index (χ2n) is 7.04. The summed E-state index contributed by atoms with van der Waals surface area (Å²) in [6.45, 7) is 9.46. The first-order chi connectivity index (χ1) is 13.0. The fraction of sp³-hybridized carbons (Fsp3) is 0.409. The predicted molar refractivity (Wildman–Crippen MR) is 111 cm³/mol. The lowest BCUT2D eigenvalue weighted by molar-refractivity contribution is 0.208. The largest absolute Gasteiger partial charge is 0.495 e. The summed E-state index contributed by atoms with van der Waals surface area (Å²) in [6.07, 6.45) is 1.02. The van der Waals surface area contributed by atoms with E-state index in [9.17, 15) is 4.79 Å². The molecule has 1 saturated heterocycles. The van der Waals surface area contributed by atoms with Crippen molar-refractivity contribution >= 4 is 17.4 Å². The molecular weight excluding hydrogens is 338 g/mol. The van der Waals surface area contributed by atoms with E-state index >= 15 is 0 Å². The molecule has 144 valence electrons. The van der Waals surface area contributed by atoms with Crippen LogP contribution in [-0.4, -0.2) is 44.2 Å². The van der Waals surface area contributed by atoms with E-state index in [4.69, 9.17) is 4.74 Å². The Morgan fingerprint density at radius 1 is 1.11 bits per heavy atom. The molecule has 0 atom stereocenters. The second-order valence-corrected chi connectivity index (χ2v) is 7.04. The van der Waals surface area contributed by atoms with Gasteiger partial charge in [-0.1, -0.05) is 31.2 Å². The number of rotatable bonds is 4. The molecule has 1 N–H and O–H groups in total. The molecule has 0 radical (unpaired) electrons. The van der Waals surface area contributed by atoms with E-state index in [1.54, 1.807) is 7.11 Å². The van der Waals surface area contributed by atoms with Gasteiger partial charge in [-0.25, -0.2) is 4.79 Å². The Balaban J connectivity index is 1.66. The minimum absolute atomic E-state index is 0.0703. The topological polar surface area (TPSA) is 44.8 Å². The van der Waals surface area contributed by atoms with Gasteiger partial charge in [-0.15, -0.1) is 0 Å². The second kappa shape index (κ2) is 8.33. The summed E-state index contributed by atoms with van der Waals surface area (Å²) in [7, 11) is 1.62. The van der Waals surface area contributed by atoms with Crippen molar-refractivity contribution in [3.63, 3.8) is 0 Å². The third-order valence-corrected chi connectivity index (χ3v) is 5.18. The van der Waals surface area contributed by atoms with Crippen LogP contribution < -0.4 is 15.0 Å². The molecule has 2 aromatic carbocycles. The average Bonchev–Trinajstić information content (AvgIpc) is 2.68. The number of aryl methyl sites for hydroxylation is 3. The van der Waals surface area contributed by atoms with Gasteiger partial charge in [0.25, 0.3) is 0 Å². The molecule has 1 aliphatic heterocycles. The number of urea groups is 1. The molecule has 3 rings (SSSR count). The molecule has 0 saturated carbocycles. The van der Waals surface area contributed by atoms with Crippen molar-refractivity contribution in [3.8, 4) is 5.75 Å². The van der Waals surface area contributed by atoms with E-state index in [0.717, 1.165) is 30.8 Å². The van der Waals surface area contributed by atoms with Gasteiger partial charge >= 0.3 is 6.03 Å². The van der Waals surface area contributed by atoms with Gasteiger partial charge < -0.3 is 19.9 Å². The Labute approximate surface area is 161 Å². The van der Waals surface area contributed by atoms with Gasteiger partial charge in [-0.3, -0.25) is 0 Å². The normalized spacial score (nSPS) is 14.2. The number of hydrogen-bond acceptors (Lipinski definition) is 3. The molecule has 2 amide bonds. The minimum Gasteiger partial charge on any atom is -0.495 e. The molecule has 27 heavy (non-hydrogen) atoms. The molecule has 1 aliphatic rings. The lowest BCUT2D eigenvalue weighted by Gasteiger charge is -2.37.